The van der Waals surface area contributed by atoms with Crippen molar-refractivity contribution in [3.8, 4) is 34.3 Å². The van der Waals surface area contributed by atoms with Crippen LogP contribution >= 0.6 is 0 Å². The van der Waals surface area contributed by atoms with E-state index >= 15 is 0 Å². The second kappa shape index (κ2) is 23.4. The molecule has 1 fully saturated rings. The van der Waals surface area contributed by atoms with Gasteiger partial charge in [-0.15, -0.1) is 0 Å². The quantitative estimate of drug-likeness (QED) is 0.0243. The number of benzene rings is 5. The van der Waals surface area contributed by atoms with Gasteiger partial charge in [-0.3, -0.25) is 9.69 Å². The number of aromatic nitrogens is 1. The number of esters is 1. The largest absolute Gasteiger partial charge is 0.497 e. The van der Waals surface area contributed by atoms with Crippen LogP contribution < -0.4 is 29.6 Å². The molecule has 5 aromatic carbocycles. The standard InChI is InChI=1S/C53H49F5N4O12/c1-53(2,3)74-52(68)62-27-34(72-41-26-37(31-15-9-6-10-16-31)59-38-24-32(69-4)18-19-35(38)41)25-40(62)48(63)60-36(49(64)65)20-21-70-33-17-11-14-30(22-33)23-39(61-51(67)71-28-29-12-7-5-8-13-29)50(66)73-47-45(57)43(55)42(54)44(56)46(47)58/h5-19,22,24,26,34,36,39-40H,20-21,23,25,27-28H2,1-4H3,(H,60,63)(H,61,67)(H,64,65)/t34-,36+,39+,40+/m1/s1. The van der Waals surface area contributed by atoms with Gasteiger partial charge in [0, 0.05) is 42.3 Å². The van der Waals surface area contributed by atoms with Crippen molar-refractivity contribution in [1.82, 2.24) is 20.5 Å². The van der Waals surface area contributed by atoms with Crippen LogP contribution in [-0.4, -0.2) is 95.1 Å². The third-order valence-corrected chi connectivity index (χ3v) is 11.3. The lowest BCUT2D eigenvalue weighted by Gasteiger charge is -2.28. The average Bonchev–Trinajstić information content (AvgIpc) is 3.81. The summed E-state index contributed by atoms with van der Waals surface area (Å²) in [5.41, 5.74) is 1.74. The van der Waals surface area contributed by atoms with Gasteiger partial charge in [0.05, 0.1) is 31.5 Å². The zero-order chi connectivity index (χ0) is 53.3. The molecule has 0 aliphatic carbocycles. The third-order valence-electron chi connectivity index (χ3n) is 11.3. The minimum Gasteiger partial charge on any atom is -0.497 e. The number of methoxy groups -OCH3 is 1. The Hall–Kier alpha value is -8.49. The fraction of sp³-hybridized carbons (Fsp3) is 0.283. The first-order chi connectivity index (χ1) is 35.3. The lowest BCUT2D eigenvalue weighted by atomic mass is 10.1. The molecule has 21 heteroatoms. The zero-order valence-electron chi connectivity index (χ0n) is 40.2. The number of nitrogens with one attached hydrogen (secondary N) is 2. The van der Waals surface area contributed by atoms with Crippen LogP contribution in [0.1, 0.15) is 44.7 Å². The SMILES string of the molecule is COc1ccc2c(O[C@@H]3C[C@@H](C(=O)N[C@@H](CCOc4cccc(C[C@H](NC(=O)OCc5ccccc5)C(=O)Oc5c(F)c(F)c(F)c(F)c5F)c4)C(=O)O)N(C(=O)OC(C)(C)C)C3)cc(-c3ccccc3)nc2c1. The Morgan fingerprint density at radius 3 is 2.09 bits per heavy atom. The maximum Gasteiger partial charge on any atom is 0.411 e. The Labute approximate surface area is 420 Å². The van der Waals surface area contributed by atoms with Gasteiger partial charge < -0.3 is 44.2 Å². The predicted molar refractivity (Wildman–Crippen MR) is 255 cm³/mol. The summed E-state index contributed by atoms with van der Waals surface area (Å²) in [7, 11) is 1.53. The molecular formula is C53H49F5N4O12. The lowest BCUT2D eigenvalue weighted by molar-refractivity contribution is -0.142. The molecule has 0 bridgehead atoms. The lowest BCUT2D eigenvalue weighted by Crippen LogP contribution is -2.52. The van der Waals surface area contributed by atoms with Gasteiger partial charge in [0.25, 0.3) is 0 Å². The number of aliphatic carboxylic acids is 1. The second-order valence-electron chi connectivity index (χ2n) is 17.8. The number of carboxylic acids is 1. The van der Waals surface area contributed by atoms with Gasteiger partial charge >= 0.3 is 24.1 Å². The summed E-state index contributed by atoms with van der Waals surface area (Å²) in [5.74, 6) is -16.8. The first kappa shape index (κ1) is 53.3. The predicted octanol–water partition coefficient (Wildman–Crippen LogP) is 8.84. The number of hydrogen-bond acceptors (Lipinski definition) is 12. The van der Waals surface area contributed by atoms with E-state index in [9.17, 15) is 51.0 Å². The molecule has 1 saturated heterocycles. The molecule has 74 heavy (non-hydrogen) atoms. The molecule has 0 unspecified atom stereocenters. The summed E-state index contributed by atoms with van der Waals surface area (Å²) in [5, 5.41) is 15.6. The van der Waals surface area contributed by atoms with Gasteiger partial charge in [-0.25, -0.2) is 37.3 Å². The van der Waals surface area contributed by atoms with Crippen LogP contribution in [0.25, 0.3) is 22.2 Å². The fourth-order valence-electron chi connectivity index (χ4n) is 7.76. The summed E-state index contributed by atoms with van der Waals surface area (Å²) in [6, 6.07) is 25.8. The molecule has 0 saturated carbocycles. The van der Waals surface area contributed by atoms with Crippen molar-refractivity contribution in [3.05, 3.63) is 149 Å². The second-order valence-corrected chi connectivity index (χ2v) is 17.8. The van der Waals surface area contributed by atoms with E-state index in [0.717, 1.165) is 5.56 Å². The summed E-state index contributed by atoms with van der Waals surface area (Å²) in [4.78, 5) is 72.5. The van der Waals surface area contributed by atoms with Crippen LogP contribution in [0.15, 0.2) is 109 Å². The molecule has 0 radical (unpaired) electrons. The number of fused-ring (bicyclic) bond motifs is 1. The topological polar surface area (TPSA) is 201 Å². The highest BCUT2D eigenvalue weighted by Crippen LogP contribution is 2.35. The van der Waals surface area contributed by atoms with Crippen LogP contribution in [0.5, 0.6) is 23.0 Å². The molecule has 388 valence electrons. The number of rotatable bonds is 18. The molecule has 16 nitrogen and oxygen atoms in total. The van der Waals surface area contributed by atoms with E-state index in [1.807, 2.05) is 30.3 Å². The van der Waals surface area contributed by atoms with Gasteiger partial charge in [-0.05, 0) is 56.2 Å². The maximum absolute atomic E-state index is 14.5. The van der Waals surface area contributed by atoms with E-state index in [2.05, 4.69) is 15.4 Å². The molecule has 1 aliphatic heterocycles. The summed E-state index contributed by atoms with van der Waals surface area (Å²) < 4.78 is 104. The molecule has 0 spiro atoms. The van der Waals surface area contributed by atoms with E-state index in [1.165, 1.54) is 36.3 Å². The molecule has 7 rings (SSSR count). The summed E-state index contributed by atoms with van der Waals surface area (Å²) in [6.07, 6.45) is -3.71. The maximum atomic E-state index is 14.5. The zero-order valence-corrected chi connectivity index (χ0v) is 40.2. The Morgan fingerprint density at radius 1 is 0.770 bits per heavy atom. The number of pyridine rings is 1. The van der Waals surface area contributed by atoms with E-state index in [-0.39, 0.29) is 43.9 Å². The van der Waals surface area contributed by atoms with Gasteiger partial charge in [-0.1, -0.05) is 72.8 Å². The van der Waals surface area contributed by atoms with Crippen molar-refractivity contribution in [2.45, 2.75) is 76.5 Å². The number of carbonyl (C=O) groups excluding carboxylic acids is 4. The Balaban J connectivity index is 1.04. The fourth-order valence-corrected chi connectivity index (χ4v) is 7.76. The number of ether oxygens (including phenoxy) is 6. The summed E-state index contributed by atoms with van der Waals surface area (Å²) >= 11 is 0. The first-order valence-corrected chi connectivity index (χ1v) is 22.9. The monoisotopic (exact) mass is 1030 g/mol. The van der Waals surface area contributed by atoms with E-state index in [0.29, 0.717) is 33.7 Å². The van der Waals surface area contributed by atoms with Crippen LogP contribution in [0.2, 0.25) is 0 Å². The minimum atomic E-state index is -2.48. The van der Waals surface area contributed by atoms with Crippen LogP contribution in [-0.2, 0) is 36.9 Å². The number of nitrogens with zero attached hydrogens (tertiary/aromatic N) is 2. The van der Waals surface area contributed by atoms with Crippen molar-refractivity contribution >= 4 is 40.9 Å². The number of hydrogen-bond donors (Lipinski definition) is 3. The minimum absolute atomic E-state index is 0.0585. The van der Waals surface area contributed by atoms with Crippen LogP contribution in [0.4, 0.5) is 31.5 Å². The third kappa shape index (κ3) is 13.3. The molecule has 3 amide bonds. The van der Waals surface area contributed by atoms with E-state index in [4.69, 9.17) is 28.7 Å². The van der Waals surface area contributed by atoms with Crippen molar-refractivity contribution in [2.75, 3.05) is 20.3 Å². The Bertz CT molecular complexity index is 3010. The van der Waals surface area contributed by atoms with Gasteiger partial charge in [-0.2, -0.15) is 8.78 Å². The number of alkyl carbamates (subject to hydrolysis) is 1. The van der Waals surface area contributed by atoms with Gasteiger partial charge in [0.1, 0.15) is 53.7 Å². The van der Waals surface area contributed by atoms with Crippen molar-refractivity contribution in [1.29, 1.82) is 0 Å². The molecule has 2 heterocycles. The number of likely N-dealkylation sites (tertiary alicyclic amines) is 1. The molecule has 1 aliphatic rings. The highest BCUT2D eigenvalue weighted by Gasteiger charge is 2.44. The molecule has 1 aromatic heterocycles. The number of carboxylic acid groups (broad SMARTS) is 1. The molecule has 6 aromatic rings. The average molecular weight is 1030 g/mol. The van der Waals surface area contributed by atoms with E-state index < -0.39 is 101 Å². The normalized spacial score (nSPS) is 15.1. The van der Waals surface area contributed by atoms with Crippen molar-refractivity contribution in [3.63, 3.8) is 0 Å². The summed E-state index contributed by atoms with van der Waals surface area (Å²) in [6.45, 7) is 4.26. The van der Waals surface area contributed by atoms with Gasteiger partial charge in [0.15, 0.2) is 0 Å². The smallest absolute Gasteiger partial charge is 0.411 e. The number of carbonyl (C=O) groups is 5. The molecule has 4 atom stereocenters. The van der Waals surface area contributed by atoms with Crippen LogP contribution in [0.3, 0.4) is 0 Å². The van der Waals surface area contributed by atoms with Crippen molar-refractivity contribution in [2.24, 2.45) is 0 Å². The van der Waals surface area contributed by atoms with Crippen molar-refractivity contribution < 1.29 is 79.5 Å². The van der Waals surface area contributed by atoms with Gasteiger partial charge in [0.2, 0.25) is 40.7 Å². The highest BCUT2D eigenvalue weighted by molar-refractivity contribution is 5.91. The number of amides is 3. The Kier molecular flexibility index (Phi) is 16.8. The highest BCUT2D eigenvalue weighted by atomic mass is 19.2. The first-order valence-electron chi connectivity index (χ1n) is 22.9. The molecular weight excluding hydrogens is 980 g/mol. The Morgan fingerprint density at radius 2 is 1.43 bits per heavy atom. The molecule has 3 N–H and O–H groups in total. The van der Waals surface area contributed by atoms with E-state index in [1.54, 1.807) is 75.4 Å². The number of halogens is 5. The van der Waals surface area contributed by atoms with Crippen LogP contribution in [0, 0.1) is 29.1 Å².